The second-order valence-electron chi connectivity index (χ2n) is 5.75. The molecule has 2 aromatic rings. The highest BCUT2D eigenvalue weighted by Crippen LogP contribution is 2.28. The van der Waals surface area contributed by atoms with E-state index in [0.717, 1.165) is 5.56 Å². The third-order valence-corrected chi connectivity index (χ3v) is 3.92. The van der Waals surface area contributed by atoms with Crippen LogP contribution >= 0.6 is 0 Å². The van der Waals surface area contributed by atoms with E-state index in [9.17, 15) is 39.6 Å². The first kappa shape index (κ1) is 20.3. The minimum Gasteiger partial charge on any atom is -0.480 e. The van der Waals surface area contributed by atoms with Gasteiger partial charge in [-0.25, -0.2) is 0 Å². The molecule has 0 aliphatic heterocycles. The zero-order chi connectivity index (χ0) is 21.0. The molecule has 0 aliphatic rings. The molecule has 0 fully saturated rings. The first-order valence-electron chi connectivity index (χ1n) is 7.81. The Balaban J connectivity index is 2.74. The molecule has 0 radical (unpaired) electrons. The van der Waals surface area contributed by atoms with Gasteiger partial charge in [0.2, 0.25) is 0 Å². The Labute approximate surface area is 158 Å². The first-order chi connectivity index (χ1) is 13.1. The van der Waals surface area contributed by atoms with Gasteiger partial charge in [-0.15, -0.1) is 0 Å². The third kappa shape index (κ3) is 4.21. The zero-order valence-electron chi connectivity index (χ0n) is 14.3. The molecule has 1 aromatic heterocycles. The molecule has 1 aromatic carbocycles. The van der Waals surface area contributed by atoms with E-state index in [2.05, 4.69) is 11.6 Å². The van der Waals surface area contributed by atoms with Gasteiger partial charge in [0.1, 0.15) is 0 Å². The summed E-state index contributed by atoms with van der Waals surface area (Å²) in [5.41, 5.74) is 0.539. The van der Waals surface area contributed by atoms with Gasteiger partial charge in [0, 0.05) is 0 Å². The van der Waals surface area contributed by atoms with Crippen molar-refractivity contribution in [2.45, 2.75) is 11.8 Å². The monoisotopic (exact) mass is 385 g/mol. The highest BCUT2D eigenvalue weighted by Gasteiger charge is 2.34. The SMILES string of the molecule is C=Cc1ccc(-c2cc(C(C(=O)O)C(=O)O)nc(C(C(=O)O)C(=O)O)c2)cc1. The molecule has 0 aliphatic carbocycles. The molecule has 0 unspecified atom stereocenters. The summed E-state index contributed by atoms with van der Waals surface area (Å²) in [6.07, 6.45) is 1.59. The quantitative estimate of drug-likeness (QED) is 0.497. The van der Waals surface area contributed by atoms with Gasteiger partial charge in [0.05, 0.1) is 11.4 Å². The second-order valence-corrected chi connectivity index (χ2v) is 5.75. The van der Waals surface area contributed by atoms with E-state index in [1.54, 1.807) is 30.3 Å². The lowest BCUT2D eigenvalue weighted by atomic mass is 9.95. The van der Waals surface area contributed by atoms with E-state index < -0.39 is 47.1 Å². The predicted octanol–water partition coefficient (Wildman–Crippen LogP) is 1.90. The number of pyridine rings is 1. The van der Waals surface area contributed by atoms with Gasteiger partial charge >= 0.3 is 23.9 Å². The number of nitrogens with zero attached hydrogens (tertiary/aromatic N) is 1. The van der Waals surface area contributed by atoms with Gasteiger partial charge in [0.15, 0.2) is 11.8 Å². The van der Waals surface area contributed by atoms with Gasteiger partial charge in [-0.05, 0) is 28.8 Å². The van der Waals surface area contributed by atoms with Crippen molar-refractivity contribution in [1.82, 2.24) is 4.98 Å². The van der Waals surface area contributed by atoms with Crippen LogP contribution in [0.25, 0.3) is 17.2 Å². The Morgan fingerprint density at radius 3 is 1.46 bits per heavy atom. The summed E-state index contributed by atoms with van der Waals surface area (Å²) in [5.74, 6) is -11.0. The van der Waals surface area contributed by atoms with Crippen LogP contribution in [0.3, 0.4) is 0 Å². The fraction of sp³-hybridized carbons (Fsp3) is 0.105. The normalized spacial score (nSPS) is 10.6. The molecule has 2 rings (SSSR count). The average Bonchev–Trinajstić information content (AvgIpc) is 2.60. The van der Waals surface area contributed by atoms with Gasteiger partial charge in [-0.2, -0.15) is 0 Å². The molecule has 0 atom stereocenters. The van der Waals surface area contributed by atoms with E-state index in [-0.39, 0.29) is 5.56 Å². The van der Waals surface area contributed by atoms with Crippen LogP contribution in [0, 0.1) is 0 Å². The lowest BCUT2D eigenvalue weighted by molar-refractivity contribution is -0.151. The molecule has 0 saturated heterocycles. The fourth-order valence-electron chi connectivity index (χ4n) is 2.57. The molecular formula is C19H15NO8. The Kier molecular flexibility index (Phi) is 5.89. The maximum absolute atomic E-state index is 11.4. The molecule has 9 heteroatoms. The van der Waals surface area contributed by atoms with Crippen LogP contribution in [0.2, 0.25) is 0 Å². The van der Waals surface area contributed by atoms with E-state index in [1.807, 2.05) is 0 Å². The number of aliphatic carboxylic acids is 4. The summed E-state index contributed by atoms with van der Waals surface area (Å²) in [5, 5.41) is 36.8. The number of carboxylic acids is 4. The number of carbonyl (C=O) groups is 4. The third-order valence-electron chi connectivity index (χ3n) is 3.92. The molecule has 28 heavy (non-hydrogen) atoms. The molecule has 1 heterocycles. The van der Waals surface area contributed by atoms with Gasteiger partial charge in [0.25, 0.3) is 0 Å². The van der Waals surface area contributed by atoms with Crippen molar-refractivity contribution in [2.75, 3.05) is 0 Å². The van der Waals surface area contributed by atoms with Crippen LogP contribution < -0.4 is 0 Å². The van der Waals surface area contributed by atoms with Crippen LogP contribution in [0.15, 0.2) is 43.0 Å². The highest BCUT2D eigenvalue weighted by atomic mass is 16.4. The Bertz CT molecular complexity index is 886. The highest BCUT2D eigenvalue weighted by molar-refractivity contribution is 6.00. The van der Waals surface area contributed by atoms with E-state index in [1.165, 1.54) is 12.1 Å². The summed E-state index contributed by atoms with van der Waals surface area (Å²) >= 11 is 0. The van der Waals surface area contributed by atoms with Gasteiger partial charge in [-0.1, -0.05) is 36.9 Å². The summed E-state index contributed by atoms with van der Waals surface area (Å²) in [6, 6.07) is 8.96. The lowest BCUT2D eigenvalue weighted by Crippen LogP contribution is -2.26. The topological polar surface area (TPSA) is 162 Å². The van der Waals surface area contributed by atoms with Crippen molar-refractivity contribution >= 4 is 30.0 Å². The summed E-state index contributed by atoms with van der Waals surface area (Å²) < 4.78 is 0. The van der Waals surface area contributed by atoms with Crippen LogP contribution in [-0.2, 0) is 19.2 Å². The Morgan fingerprint density at radius 1 is 0.750 bits per heavy atom. The van der Waals surface area contributed by atoms with Crippen molar-refractivity contribution in [2.24, 2.45) is 0 Å². The number of hydrogen-bond acceptors (Lipinski definition) is 5. The largest absolute Gasteiger partial charge is 0.480 e. The van der Waals surface area contributed by atoms with Crippen molar-refractivity contribution in [3.63, 3.8) is 0 Å². The van der Waals surface area contributed by atoms with Gasteiger partial charge in [-0.3, -0.25) is 24.2 Å². The number of aromatic nitrogens is 1. The molecule has 0 spiro atoms. The van der Waals surface area contributed by atoms with Crippen LogP contribution in [0.4, 0.5) is 0 Å². The maximum atomic E-state index is 11.4. The molecule has 4 N–H and O–H groups in total. The standard InChI is InChI=1S/C19H15NO8/c1-2-9-3-5-10(6-4-9)11-7-12(14(16(21)22)17(23)24)20-13(8-11)15(18(25)26)19(27)28/h2-8,14-15H,1H2,(H,21,22)(H,23,24)(H,25,26)(H,27,28). The molecule has 9 nitrogen and oxygen atoms in total. The van der Waals surface area contributed by atoms with Gasteiger partial charge < -0.3 is 20.4 Å². The van der Waals surface area contributed by atoms with E-state index >= 15 is 0 Å². The van der Waals surface area contributed by atoms with Crippen molar-refractivity contribution in [3.8, 4) is 11.1 Å². The number of benzene rings is 1. The van der Waals surface area contributed by atoms with Crippen molar-refractivity contribution < 1.29 is 39.6 Å². The smallest absolute Gasteiger partial charge is 0.324 e. The number of hydrogen-bond donors (Lipinski definition) is 4. The summed E-state index contributed by atoms with van der Waals surface area (Å²) in [4.78, 5) is 49.2. The first-order valence-corrected chi connectivity index (χ1v) is 7.81. The minimum atomic E-state index is -2.09. The lowest BCUT2D eigenvalue weighted by Gasteiger charge is -2.14. The Morgan fingerprint density at radius 2 is 1.14 bits per heavy atom. The number of rotatable bonds is 8. The van der Waals surface area contributed by atoms with Crippen LogP contribution in [0.5, 0.6) is 0 Å². The van der Waals surface area contributed by atoms with Crippen LogP contribution in [0.1, 0.15) is 28.8 Å². The Hall–Kier alpha value is -4.01. The van der Waals surface area contributed by atoms with Crippen molar-refractivity contribution in [1.29, 1.82) is 0 Å². The molecular weight excluding hydrogens is 370 g/mol. The van der Waals surface area contributed by atoms with Crippen LogP contribution in [-0.4, -0.2) is 49.3 Å². The second kappa shape index (κ2) is 8.12. The summed E-state index contributed by atoms with van der Waals surface area (Å²) in [7, 11) is 0. The maximum Gasteiger partial charge on any atom is 0.324 e. The molecule has 144 valence electrons. The van der Waals surface area contributed by atoms with E-state index in [4.69, 9.17) is 0 Å². The molecule has 0 bridgehead atoms. The summed E-state index contributed by atoms with van der Waals surface area (Å²) in [6.45, 7) is 3.61. The van der Waals surface area contributed by atoms with Crippen molar-refractivity contribution in [3.05, 3.63) is 59.9 Å². The average molecular weight is 385 g/mol. The predicted molar refractivity (Wildman–Crippen MR) is 95.8 cm³/mol. The molecule has 0 saturated carbocycles. The molecule has 0 amide bonds. The zero-order valence-corrected chi connectivity index (χ0v) is 14.3. The minimum absolute atomic E-state index is 0.232. The number of carboxylic acid groups (broad SMARTS) is 4. The van der Waals surface area contributed by atoms with E-state index in [0.29, 0.717) is 5.56 Å². The fourth-order valence-corrected chi connectivity index (χ4v) is 2.57.